The van der Waals surface area contributed by atoms with Gasteiger partial charge in [-0.15, -0.1) is 0 Å². The predicted molar refractivity (Wildman–Crippen MR) is 61.1 cm³/mol. The first-order valence-electron chi connectivity index (χ1n) is 5.57. The normalized spacial score (nSPS) is 12.8. The number of alkyl halides is 3. The van der Waals surface area contributed by atoms with Crippen molar-refractivity contribution in [1.82, 2.24) is 0 Å². The van der Waals surface area contributed by atoms with E-state index >= 15 is 0 Å². The highest BCUT2D eigenvalue weighted by Crippen LogP contribution is 2.26. The van der Waals surface area contributed by atoms with E-state index in [0.717, 1.165) is 6.92 Å². The Hall–Kier alpha value is -1.85. The number of ether oxygens (including phenoxy) is 1. The van der Waals surface area contributed by atoms with Crippen molar-refractivity contribution in [2.24, 2.45) is 5.92 Å². The summed E-state index contributed by atoms with van der Waals surface area (Å²) in [6.07, 6.45) is -6.07. The lowest BCUT2D eigenvalue weighted by Crippen LogP contribution is -2.29. The minimum Gasteiger partial charge on any atom is -0.460 e. The third-order valence-electron chi connectivity index (χ3n) is 2.43. The van der Waals surface area contributed by atoms with E-state index in [-0.39, 0.29) is 6.61 Å². The first-order chi connectivity index (χ1) is 8.79. The predicted octanol–water partition coefficient (Wildman–Crippen LogP) is 2.89. The fourth-order valence-electron chi connectivity index (χ4n) is 1.45. The SMILES string of the molecule is CC(=O)C(CC(F)(F)F)C(=O)OCc1ccccc1. The average Bonchev–Trinajstić information content (AvgIpc) is 2.33. The van der Waals surface area contributed by atoms with Crippen LogP contribution < -0.4 is 0 Å². The molecule has 0 heterocycles. The quantitative estimate of drug-likeness (QED) is 0.612. The molecule has 0 aromatic heterocycles. The van der Waals surface area contributed by atoms with E-state index in [2.05, 4.69) is 0 Å². The van der Waals surface area contributed by atoms with Crippen LogP contribution in [0, 0.1) is 5.92 Å². The number of hydrogen-bond donors (Lipinski definition) is 0. The highest BCUT2D eigenvalue weighted by molar-refractivity contribution is 5.97. The fourth-order valence-corrected chi connectivity index (χ4v) is 1.45. The highest BCUT2D eigenvalue weighted by atomic mass is 19.4. The molecule has 0 saturated carbocycles. The molecule has 0 radical (unpaired) electrons. The second-order valence-electron chi connectivity index (χ2n) is 4.08. The van der Waals surface area contributed by atoms with Gasteiger partial charge in [-0.25, -0.2) is 0 Å². The molecule has 3 nitrogen and oxygen atoms in total. The van der Waals surface area contributed by atoms with Crippen LogP contribution in [0.1, 0.15) is 18.9 Å². The van der Waals surface area contributed by atoms with Crippen LogP contribution in [0.2, 0.25) is 0 Å². The molecule has 0 spiro atoms. The van der Waals surface area contributed by atoms with Crippen LogP contribution >= 0.6 is 0 Å². The third-order valence-corrected chi connectivity index (χ3v) is 2.43. The van der Waals surface area contributed by atoms with Gasteiger partial charge >= 0.3 is 12.1 Å². The van der Waals surface area contributed by atoms with Crippen molar-refractivity contribution < 1.29 is 27.5 Å². The van der Waals surface area contributed by atoms with Gasteiger partial charge in [-0.1, -0.05) is 30.3 Å². The molecular formula is C13H13F3O3. The number of ketones is 1. The molecule has 0 aliphatic heterocycles. The summed E-state index contributed by atoms with van der Waals surface area (Å²) in [4.78, 5) is 22.6. The second kappa shape index (κ2) is 6.36. The number of halogens is 3. The Labute approximate surface area is 108 Å². The lowest BCUT2D eigenvalue weighted by atomic mass is 10.0. The Morgan fingerprint density at radius 3 is 2.26 bits per heavy atom. The van der Waals surface area contributed by atoms with Crippen molar-refractivity contribution in [3.8, 4) is 0 Å². The van der Waals surface area contributed by atoms with E-state index < -0.39 is 30.3 Å². The first kappa shape index (κ1) is 15.2. The maximum Gasteiger partial charge on any atom is 0.390 e. The summed E-state index contributed by atoms with van der Waals surface area (Å²) in [5.41, 5.74) is 0.644. The molecule has 0 N–H and O–H groups in total. The number of carbonyl (C=O) groups is 2. The summed E-state index contributed by atoms with van der Waals surface area (Å²) < 4.78 is 41.4. The molecule has 1 atom stereocenters. The topological polar surface area (TPSA) is 43.4 Å². The minimum absolute atomic E-state index is 0.151. The highest BCUT2D eigenvalue weighted by Gasteiger charge is 2.38. The molecule has 1 rings (SSSR count). The van der Waals surface area contributed by atoms with Gasteiger partial charge in [0.25, 0.3) is 0 Å². The van der Waals surface area contributed by atoms with Crippen molar-refractivity contribution in [2.45, 2.75) is 26.1 Å². The van der Waals surface area contributed by atoms with Gasteiger partial charge < -0.3 is 4.74 Å². The summed E-state index contributed by atoms with van der Waals surface area (Å²) in [6, 6.07) is 8.51. The Bertz CT molecular complexity index is 440. The van der Waals surface area contributed by atoms with E-state index in [1.807, 2.05) is 0 Å². The van der Waals surface area contributed by atoms with E-state index in [4.69, 9.17) is 4.74 Å². The van der Waals surface area contributed by atoms with Gasteiger partial charge in [0.2, 0.25) is 0 Å². The van der Waals surface area contributed by atoms with Gasteiger partial charge in [0.05, 0.1) is 6.42 Å². The molecule has 0 aliphatic carbocycles. The maximum absolute atomic E-state index is 12.2. The van der Waals surface area contributed by atoms with Gasteiger partial charge in [0.15, 0.2) is 0 Å². The summed E-state index contributed by atoms with van der Waals surface area (Å²) in [6.45, 7) is 0.793. The number of esters is 1. The Morgan fingerprint density at radius 2 is 1.79 bits per heavy atom. The molecule has 104 valence electrons. The van der Waals surface area contributed by atoms with Crippen LogP contribution in [0.15, 0.2) is 30.3 Å². The molecule has 1 aromatic rings. The molecule has 1 unspecified atom stereocenters. The number of Topliss-reactive ketones (excluding diaryl/α,β-unsaturated/α-hetero) is 1. The van der Waals surface area contributed by atoms with Crippen LogP contribution in [0.3, 0.4) is 0 Å². The molecule has 0 bridgehead atoms. The third kappa shape index (κ3) is 5.54. The summed E-state index contributed by atoms with van der Waals surface area (Å²) in [7, 11) is 0. The summed E-state index contributed by atoms with van der Waals surface area (Å²) >= 11 is 0. The van der Waals surface area contributed by atoms with Crippen LogP contribution in [-0.2, 0) is 20.9 Å². The number of carbonyl (C=O) groups excluding carboxylic acids is 2. The van der Waals surface area contributed by atoms with Crippen LogP contribution in [0.4, 0.5) is 13.2 Å². The zero-order valence-corrected chi connectivity index (χ0v) is 10.2. The van der Waals surface area contributed by atoms with Crippen LogP contribution in [0.5, 0.6) is 0 Å². The standard InChI is InChI=1S/C13H13F3O3/c1-9(17)11(7-13(14,15)16)12(18)19-8-10-5-3-2-4-6-10/h2-6,11H,7-8H2,1H3. The van der Waals surface area contributed by atoms with Crippen molar-refractivity contribution in [3.63, 3.8) is 0 Å². The molecule has 0 saturated heterocycles. The van der Waals surface area contributed by atoms with E-state index in [0.29, 0.717) is 5.56 Å². The Balaban J connectivity index is 2.61. The molecule has 6 heteroatoms. The van der Waals surface area contributed by atoms with Crippen molar-refractivity contribution in [1.29, 1.82) is 0 Å². The molecule has 0 amide bonds. The maximum atomic E-state index is 12.2. The fraction of sp³-hybridized carbons (Fsp3) is 0.385. The van der Waals surface area contributed by atoms with E-state index in [1.165, 1.54) is 0 Å². The molecule has 1 aromatic carbocycles. The molecular weight excluding hydrogens is 261 g/mol. The van der Waals surface area contributed by atoms with E-state index in [1.54, 1.807) is 30.3 Å². The zero-order valence-electron chi connectivity index (χ0n) is 10.2. The average molecular weight is 274 g/mol. The van der Waals surface area contributed by atoms with Crippen molar-refractivity contribution >= 4 is 11.8 Å². The zero-order chi connectivity index (χ0) is 14.5. The van der Waals surface area contributed by atoms with Crippen molar-refractivity contribution in [2.75, 3.05) is 0 Å². The number of benzene rings is 1. The smallest absolute Gasteiger partial charge is 0.390 e. The lowest BCUT2D eigenvalue weighted by molar-refractivity contribution is -0.171. The lowest BCUT2D eigenvalue weighted by Gasteiger charge is -2.15. The second-order valence-corrected chi connectivity index (χ2v) is 4.08. The Kier molecular flexibility index (Phi) is 5.09. The summed E-state index contributed by atoms with van der Waals surface area (Å²) in [5, 5.41) is 0. The Morgan fingerprint density at radius 1 is 1.21 bits per heavy atom. The van der Waals surface area contributed by atoms with Gasteiger partial charge in [-0.2, -0.15) is 13.2 Å². The molecule has 0 aliphatic rings. The molecule has 19 heavy (non-hydrogen) atoms. The van der Waals surface area contributed by atoms with E-state index in [9.17, 15) is 22.8 Å². The van der Waals surface area contributed by atoms with Gasteiger partial charge in [-0.3, -0.25) is 9.59 Å². The number of rotatable bonds is 5. The summed E-state index contributed by atoms with van der Waals surface area (Å²) in [5.74, 6) is -3.78. The van der Waals surface area contributed by atoms with Gasteiger partial charge in [0.1, 0.15) is 18.3 Å². The van der Waals surface area contributed by atoms with Crippen LogP contribution in [-0.4, -0.2) is 17.9 Å². The number of hydrogen-bond acceptors (Lipinski definition) is 3. The van der Waals surface area contributed by atoms with Crippen molar-refractivity contribution in [3.05, 3.63) is 35.9 Å². The van der Waals surface area contributed by atoms with Gasteiger partial charge in [0, 0.05) is 0 Å². The largest absolute Gasteiger partial charge is 0.460 e. The van der Waals surface area contributed by atoms with Gasteiger partial charge in [-0.05, 0) is 12.5 Å². The molecule has 0 fully saturated rings. The van der Waals surface area contributed by atoms with Crippen LogP contribution in [0.25, 0.3) is 0 Å². The minimum atomic E-state index is -4.58. The first-order valence-corrected chi connectivity index (χ1v) is 5.57. The monoisotopic (exact) mass is 274 g/mol.